The van der Waals surface area contributed by atoms with Crippen LogP contribution >= 0.6 is 11.6 Å². The van der Waals surface area contributed by atoms with E-state index in [4.69, 9.17) is 16.0 Å². The van der Waals surface area contributed by atoms with Crippen molar-refractivity contribution in [2.45, 2.75) is 0 Å². The summed E-state index contributed by atoms with van der Waals surface area (Å²) in [5.41, 5.74) is 2.55. The van der Waals surface area contributed by atoms with Gasteiger partial charge in [-0.2, -0.15) is 5.10 Å². The number of carbonyl (C=O) groups excluding carboxylic acids is 2. The number of nitrogens with one attached hydrogen (secondary N) is 2. The first-order valence-corrected chi connectivity index (χ1v) is 5.96. The van der Waals surface area contributed by atoms with Crippen molar-refractivity contribution in [3.8, 4) is 0 Å². The van der Waals surface area contributed by atoms with Gasteiger partial charge in [-0.15, -0.1) is 0 Å². The molecule has 0 spiro atoms. The molecular formula is C13H10ClN3O3. The standard InChI is InChI=1S/C13H10ClN3O3/c14-9-3-5-10(6-4-9)16-12(18)13(19)17-15-8-11-2-1-7-20-11/h1-8H,(H,16,18)(H,17,19). The number of carbonyl (C=O) groups is 2. The average molecular weight is 292 g/mol. The number of hydrogen-bond acceptors (Lipinski definition) is 4. The third-order valence-corrected chi connectivity index (χ3v) is 2.46. The summed E-state index contributed by atoms with van der Waals surface area (Å²) in [6.07, 6.45) is 2.75. The fourth-order valence-corrected chi connectivity index (χ4v) is 1.42. The number of rotatable bonds is 3. The van der Waals surface area contributed by atoms with E-state index >= 15 is 0 Å². The van der Waals surface area contributed by atoms with E-state index in [1.54, 1.807) is 36.4 Å². The zero-order valence-electron chi connectivity index (χ0n) is 10.2. The molecule has 1 aromatic carbocycles. The predicted molar refractivity (Wildman–Crippen MR) is 74.5 cm³/mol. The summed E-state index contributed by atoms with van der Waals surface area (Å²) < 4.78 is 4.97. The highest BCUT2D eigenvalue weighted by Crippen LogP contribution is 2.13. The number of furan rings is 1. The molecule has 0 aliphatic carbocycles. The fraction of sp³-hybridized carbons (Fsp3) is 0. The van der Waals surface area contributed by atoms with Crippen molar-refractivity contribution in [2.24, 2.45) is 5.10 Å². The Morgan fingerprint density at radius 3 is 2.55 bits per heavy atom. The molecule has 0 unspecified atom stereocenters. The third-order valence-electron chi connectivity index (χ3n) is 2.21. The molecular weight excluding hydrogens is 282 g/mol. The van der Waals surface area contributed by atoms with Crippen LogP contribution in [0.4, 0.5) is 5.69 Å². The third kappa shape index (κ3) is 3.96. The normalized spacial score (nSPS) is 10.4. The Hall–Kier alpha value is -2.60. The number of halogens is 1. The van der Waals surface area contributed by atoms with Gasteiger partial charge < -0.3 is 9.73 Å². The van der Waals surface area contributed by atoms with Crippen molar-refractivity contribution in [3.63, 3.8) is 0 Å². The van der Waals surface area contributed by atoms with Gasteiger partial charge in [-0.05, 0) is 36.4 Å². The van der Waals surface area contributed by atoms with Crippen LogP contribution in [0.25, 0.3) is 0 Å². The summed E-state index contributed by atoms with van der Waals surface area (Å²) in [5.74, 6) is -1.25. The summed E-state index contributed by atoms with van der Waals surface area (Å²) >= 11 is 5.71. The molecule has 20 heavy (non-hydrogen) atoms. The van der Waals surface area contributed by atoms with Gasteiger partial charge in [0, 0.05) is 10.7 Å². The molecule has 0 radical (unpaired) electrons. The molecule has 1 heterocycles. The summed E-state index contributed by atoms with van der Waals surface area (Å²) in [6, 6.07) is 9.70. The largest absolute Gasteiger partial charge is 0.463 e. The van der Waals surface area contributed by atoms with Crippen LogP contribution in [0.5, 0.6) is 0 Å². The molecule has 2 aromatic rings. The van der Waals surface area contributed by atoms with Crippen LogP contribution in [-0.2, 0) is 9.59 Å². The van der Waals surface area contributed by atoms with Crippen molar-refractivity contribution in [1.82, 2.24) is 5.43 Å². The van der Waals surface area contributed by atoms with E-state index < -0.39 is 11.8 Å². The number of hydrazone groups is 1. The van der Waals surface area contributed by atoms with Crippen LogP contribution in [0.1, 0.15) is 5.76 Å². The van der Waals surface area contributed by atoms with E-state index in [1.807, 2.05) is 0 Å². The van der Waals surface area contributed by atoms with Crippen LogP contribution in [0, 0.1) is 0 Å². The number of hydrogen-bond donors (Lipinski definition) is 2. The number of nitrogens with zero attached hydrogens (tertiary/aromatic N) is 1. The molecule has 0 bridgehead atoms. The maximum Gasteiger partial charge on any atom is 0.329 e. The molecule has 1 aromatic heterocycles. The SMILES string of the molecule is O=C(NN=Cc1ccco1)C(=O)Nc1ccc(Cl)cc1. The Labute approximate surface area is 119 Å². The van der Waals surface area contributed by atoms with Crippen LogP contribution in [0.15, 0.2) is 52.2 Å². The van der Waals surface area contributed by atoms with Gasteiger partial charge in [-0.3, -0.25) is 9.59 Å². The Morgan fingerprint density at radius 2 is 1.90 bits per heavy atom. The first-order chi connectivity index (χ1) is 9.65. The highest BCUT2D eigenvalue weighted by molar-refractivity contribution is 6.39. The minimum absolute atomic E-state index is 0.461. The topological polar surface area (TPSA) is 83.7 Å². The number of amides is 2. The van der Waals surface area contributed by atoms with E-state index in [0.29, 0.717) is 16.5 Å². The minimum Gasteiger partial charge on any atom is -0.463 e. The van der Waals surface area contributed by atoms with Crippen molar-refractivity contribution in [3.05, 3.63) is 53.4 Å². The second-order valence-corrected chi connectivity index (χ2v) is 4.11. The second-order valence-electron chi connectivity index (χ2n) is 3.68. The molecule has 0 fully saturated rings. The van der Waals surface area contributed by atoms with Crippen LogP contribution in [-0.4, -0.2) is 18.0 Å². The Bertz CT molecular complexity index is 621. The number of benzene rings is 1. The quantitative estimate of drug-likeness (QED) is 0.515. The lowest BCUT2D eigenvalue weighted by atomic mass is 10.3. The monoisotopic (exact) mass is 291 g/mol. The zero-order valence-corrected chi connectivity index (χ0v) is 10.9. The molecule has 0 saturated heterocycles. The molecule has 7 heteroatoms. The summed E-state index contributed by atoms with van der Waals surface area (Å²) in [7, 11) is 0. The average Bonchev–Trinajstić information content (AvgIpc) is 2.94. The minimum atomic E-state index is -0.886. The Kier molecular flexibility index (Phi) is 4.52. The maximum absolute atomic E-state index is 11.5. The first-order valence-electron chi connectivity index (χ1n) is 5.58. The lowest BCUT2D eigenvalue weighted by Crippen LogP contribution is -2.32. The molecule has 2 amide bonds. The zero-order chi connectivity index (χ0) is 14.4. The lowest BCUT2D eigenvalue weighted by molar-refractivity contribution is -0.136. The molecule has 0 atom stereocenters. The van der Waals surface area contributed by atoms with Crippen molar-refractivity contribution >= 4 is 35.3 Å². The second kappa shape index (κ2) is 6.53. The molecule has 102 valence electrons. The van der Waals surface area contributed by atoms with Gasteiger partial charge in [0.2, 0.25) is 0 Å². The molecule has 6 nitrogen and oxygen atoms in total. The van der Waals surface area contributed by atoms with Crippen molar-refractivity contribution in [1.29, 1.82) is 0 Å². The van der Waals surface area contributed by atoms with Gasteiger partial charge in [0.1, 0.15) is 5.76 Å². The van der Waals surface area contributed by atoms with Gasteiger partial charge in [-0.1, -0.05) is 11.6 Å². The van der Waals surface area contributed by atoms with Gasteiger partial charge in [0.05, 0.1) is 12.5 Å². The van der Waals surface area contributed by atoms with Crippen molar-refractivity contribution in [2.75, 3.05) is 5.32 Å². The summed E-state index contributed by atoms with van der Waals surface area (Å²) in [5, 5.41) is 6.53. The van der Waals surface area contributed by atoms with Gasteiger partial charge in [0.25, 0.3) is 0 Å². The highest BCUT2D eigenvalue weighted by Gasteiger charge is 2.12. The van der Waals surface area contributed by atoms with Crippen LogP contribution < -0.4 is 10.7 Å². The van der Waals surface area contributed by atoms with E-state index in [1.165, 1.54) is 12.5 Å². The summed E-state index contributed by atoms with van der Waals surface area (Å²) in [6.45, 7) is 0. The van der Waals surface area contributed by atoms with E-state index in [0.717, 1.165) is 0 Å². The highest BCUT2D eigenvalue weighted by atomic mass is 35.5. The molecule has 2 rings (SSSR count). The molecule has 2 N–H and O–H groups in total. The van der Waals surface area contributed by atoms with Gasteiger partial charge in [-0.25, -0.2) is 5.43 Å². The molecule has 0 aliphatic rings. The fourth-order valence-electron chi connectivity index (χ4n) is 1.29. The van der Waals surface area contributed by atoms with Crippen molar-refractivity contribution < 1.29 is 14.0 Å². The number of anilines is 1. The smallest absolute Gasteiger partial charge is 0.329 e. The van der Waals surface area contributed by atoms with Gasteiger partial charge in [0.15, 0.2) is 0 Å². The lowest BCUT2D eigenvalue weighted by Gasteiger charge is -2.03. The van der Waals surface area contributed by atoms with Crippen LogP contribution in [0.2, 0.25) is 5.02 Å². The van der Waals surface area contributed by atoms with E-state index in [2.05, 4.69) is 15.8 Å². The maximum atomic E-state index is 11.5. The summed E-state index contributed by atoms with van der Waals surface area (Å²) in [4.78, 5) is 23.0. The van der Waals surface area contributed by atoms with E-state index in [9.17, 15) is 9.59 Å². The van der Waals surface area contributed by atoms with Crippen LogP contribution in [0.3, 0.4) is 0 Å². The van der Waals surface area contributed by atoms with Gasteiger partial charge >= 0.3 is 11.8 Å². The predicted octanol–water partition coefficient (Wildman–Crippen LogP) is 2.02. The Balaban J connectivity index is 1.86. The first kappa shape index (κ1) is 13.8. The molecule has 0 aliphatic heterocycles. The molecule has 0 saturated carbocycles. The van der Waals surface area contributed by atoms with E-state index in [-0.39, 0.29) is 0 Å². The Morgan fingerprint density at radius 1 is 1.15 bits per heavy atom.